The number of carbonyl (C=O) groups is 1. The molecule has 1 fully saturated rings. The molecule has 122 valence electrons. The van der Waals surface area contributed by atoms with Crippen LogP contribution in [0.4, 0.5) is 14.6 Å². The van der Waals surface area contributed by atoms with Crippen LogP contribution in [0.15, 0.2) is 24.5 Å². The van der Waals surface area contributed by atoms with Gasteiger partial charge < -0.3 is 10.2 Å². The monoisotopic (exact) mass is 340 g/mol. The molecule has 1 aliphatic heterocycles. The van der Waals surface area contributed by atoms with Crippen LogP contribution in [0.1, 0.15) is 13.8 Å². The summed E-state index contributed by atoms with van der Waals surface area (Å²) < 4.78 is 26.5. The lowest BCUT2D eigenvalue weighted by Gasteiger charge is -2.46. The van der Waals surface area contributed by atoms with Crippen molar-refractivity contribution in [3.8, 4) is 0 Å². The smallest absolute Gasteiger partial charge is 0.284 e. The van der Waals surface area contributed by atoms with Crippen LogP contribution in [0.2, 0.25) is 5.02 Å². The van der Waals surface area contributed by atoms with Gasteiger partial charge in [0.05, 0.1) is 18.1 Å². The predicted octanol–water partition coefficient (Wildman–Crippen LogP) is 2.95. The van der Waals surface area contributed by atoms with Gasteiger partial charge in [0.25, 0.3) is 5.92 Å². The van der Waals surface area contributed by atoms with Crippen molar-refractivity contribution in [1.82, 2.24) is 14.9 Å². The largest absolute Gasteiger partial charge is 0.358 e. The lowest BCUT2D eigenvalue weighted by atomic mass is 9.99. The molecule has 0 radical (unpaired) electrons. The molecule has 3 rings (SSSR count). The SMILES string of the molecule is C[C@@H](Nc1ncnc2cc(Cl)ccc12)C(=O)N1CC(F)(F)[C@H]1C. The summed E-state index contributed by atoms with van der Waals surface area (Å²) in [6.07, 6.45) is 1.36. The Morgan fingerprint density at radius 1 is 1.48 bits per heavy atom. The number of carbonyl (C=O) groups excluding carboxylic acids is 1. The first-order chi connectivity index (χ1) is 10.8. The molecule has 1 aliphatic rings. The third kappa shape index (κ3) is 2.81. The number of hydrogen-bond donors (Lipinski definition) is 1. The van der Waals surface area contributed by atoms with Crippen molar-refractivity contribution in [3.05, 3.63) is 29.5 Å². The number of hydrogen-bond acceptors (Lipinski definition) is 4. The van der Waals surface area contributed by atoms with E-state index in [9.17, 15) is 13.6 Å². The summed E-state index contributed by atoms with van der Waals surface area (Å²) in [5.74, 6) is -2.73. The van der Waals surface area contributed by atoms with Crippen LogP contribution in [0.5, 0.6) is 0 Å². The maximum atomic E-state index is 13.2. The Kier molecular flexibility index (Phi) is 3.83. The molecule has 1 saturated heterocycles. The highest BCUT2D eigenvalue weighted by atomic mass is 35.5. The molecule has 8 heteroatoms. The van der Waals surface area contributed by atoms with Gasteiger partial charge in [0.1, 0.15) is 18.2 Å². The third-order valence-electron chi connectivity index (χ3n) is 4.07. The number of rotatable bonds is 3. The second-order valence-electron chi connectivity index (χ2n) is 5.65. The quantitative estimate of drug-likeness (QED) is 0.933. The van der Waals surface area contributed by atoms with Gasteiger partial charge in [-0.25, -0.2) is 18.7 Å². The number of alkyl halides is 2. The van der Waals surface area contributed by atoms with Gasteiger partial charge >= 0.3 is 0 Å². The van der Waals surface area contributed by atoms with E-state index in [1.807, 2.05) is 0 Å². The number of nitrogens with one attached hydrogen (secondary N) is 1. The lowest BCUT2D eigenvalue weighted by Crippen LogP contribution is -2.67. The summed E-state index contributed by atoms with van der Waals surface area (Å²) in [6.45, 7) is 2.42. The van der Waals surface area contributed by atoms with Crippen LogP contribution in [0, 0.1) is 0 Å². The zero-order chi connectivity index (χ0) is 16.8. The predicted molar refractivity (Wildman–Crippen MR) is 83.8 cm³/mol. The van der Waals surface area contributed by atoms with E-state index >= 15 is 0 Å². The summed E-state index contributed by atoms with van der Waals surface area (Å²) in [5.41, 5.74) is 0.638. The van der Waals surface area contributed by atoms with E-state index in [1.165, 1.54) is 13.3 Å². The Labute approximate surface area is 136 Å². The molecule has 2 heterocycles. The summed E-state index contributed by atoms with van der Waals surface area (Å²) >= 11 is 5.93. The first-order valence-corrected chi connectivity index (χ1v) is 7.52. The minimum Gasteiger partial charge on any atom is -0.358 e. The molecule has 2 aromatic rings. The standard InChI is InChI=1S/C15H15ClF2N4O/c1-8(14(23)22-6-15(17,18)9(22)2)21-13-11-4-3-10(16)5-12(11)19-7-20-13/h3-5,7-9H,6H2,1-2H3,(H,19,20,21)/t8-,9-/m1/s1. The Morgan fingerprint density at radius 3 is 2.87 bits per heavy atom. The van der Waals surface area contributed by atoms with Gasteiger partial charge in [0, 0.05) is 10.4 Å². The number of amides is 1. The molecular formula is C15H15ClF2N4O. The maximum Gasteiger partial charge on any atom is 0.284 e. The number of likely N-dealkylation sites (tertiary alicyclic amines) is 1. The fourth-order valence-corrected chi connectivity index (χ4v) is 2.71. The first-order valence-electron chi connectivity index (χ1n) is 7.15. The number of aromatic nitrogens is 2. The van der Waals surface area contributed by atoms with Gasteiger partial charge in [-0.1, -0.05) is 11.6 Å². The number of nitrogens with zero attached hydrogens (tertiary/aromatic N) is 3. The van der Waals surface area contributed by atoms with Crippen LogP contribution >= 0.6 is 11.6 Å². The highest BCUT2D eigenvalue weighted by Gasteiger charge is 2.54. The lowest BCUT2D eigenvalue weighted by molar-refractivity contribution is -0.190. The summed E-state index contributed by atoms with van der Waals surface area (Å²) in [4.78, 5) is 21.7. The molecule has 0 bridgehead atoms. The summed E-state index contributed by atoms with van der Waals surface area (Å²) in [6, 6.07) is 3.37. The molecular weight excluding hydrogens is 326 g/mol. The van der Waals surface area contributed by atoms with Crippen molar-refractivity contribution in [2.45, 2.75) is 31.9 Å². The minimum atomic E-state index is -2.81. The van der Waals surface area contributed by atoms with E-state index < -0.39 is 24.6 Å². The molecule has 0 aliphatic carbocycles. The normalized spacial score (nSPS) is 20.9. The van der Waals surface area contributed by atoms with Gasteiger partial charge in [-0.05, 0) is 32.0 Å². The van der Waals surface area contributed by atoms with Crippen molar-refractivity contribution in [2.24, 2.45) is 0 Å². The number of anilines is 1. The van der Waals surface area contributed by atoms with Crippen molar-refractivity contribution in [1.29, 1.82) is 0 Å². The first kappa shape index (κ1) is 15.9. The minimum absolute atomic E-state index is 0.385. The molecule has 0 saturated carbocycles. The van der Waals surface area contributed by atoms with Gasteiger partial charge in [0.2, 0.25) is 5.91 Å². The summed E-state index contributed by atoms with van der Waals surface area (Å²) in [5, 5.41) is 4.22. The molecule has 23 heavy (non-hydrogen) atoms. The van der Waals surface area contributed by atoms with Crippen molar-refractivity contribution >= 4 is 34.2 Å². The van der Waals surface area contributed by atoms with E-state index in [1.54, 1.807) is 25.1 Å². The summed E-state index contributed by atoms with van der Waals surface area (Å²) in [7, 11) is 0. The average molecular weight is 341 g/mol. The second-order valence-corrected chi connectivity index (χ2v) is 6.09. The van der Waals surface area contributed by atoms with Gasteiger partial charge in [-0.15, -0.1) is 0 Å². The molecule has 0 spiro atoms. The highest BCUT2D eigenvalue weighted by molar-refractivity contribution is 6.31. The zero-order valence-electron chi connectivity index (χ0n) is 12.6. The zero-order valence-corrected chi connectivity index (χ0v) is 13.3. The molecule has 2 atom stereocenters. The van der Waals surface area contributed by atoms with E-state index in [4.69, 9.17) is 11.6 Å². The Hall–Kier alpha value is -2.02. The topological polar surface area (TPSA) is 58.1 Å². The molecule has 1 N–H and O–H groups in total. The maximum absolute atomic E-state index is 13.2. The van der Waals surface area contributed by atoms with Gasteiger partial charge in [0.15, 0.2) is 0 Å². The van der Waals surface area contributed by atoms with E-state index in [-0.39, 0.29) is 5.91 Å². The Bertz CT molecular complexity index is 770. The number of halogens is 3. The van der Waals surface area contributed by atoms with Crippen LogP contribution in [-0.4, -0.2) is 45.3 Å². The van der Waals surface area contributed by atoms with Crippen LogP contribution < -0.4 is 5.32 Å². The molecule has 1 aromatic heterocycles. The molecule has 0 unspecified atom stereocenters. The van der Waals surface area contributed by atoms with Gasteiger partial charge in [-0.2, -0.15) is 0 Å². The Morgan fingerprint density at radius 2 is 2.22 bits per heavy atom. The fourth-order valence-electron chi connectivity index (χ4n) is 2.54. The van der Waals surface area contributed by atoms with Crippen molar-refractivity contribution in [2.75, 3.05) is 11.9 Å². The highest BCUT2D eigenvalue weighted by Crippen LogP contribution is 2.35. The second kappa shape index (κ2) is 5.56. The Balaban J connectivity index is 1.78. The number of benzene rings is 1. The van der Waals surface area contributed by atoms with Crippen molar-refractivity contribution in [3.63, 3.8) is 0 Å². The van der Waals surface area contributed by atoms with Gasteiger partial charge in [-0.3, -0.25) is 4.79 Å². The fraction of sp³-hybridized carbons (Fsp3) is 0.400. The number of fused-ring (bicyclic) bond motifs is 1. The molecule has 1 amide bonds. The van der Waals surface area contributed by atoms with E-state index in [0.29, 0.717) is 21.7 Å². The van der Waals surface area contributed by atoms with E-state index in [0.717, 1.165) is 4.90 Å². The molecule has 1 aromatic carbocycles. The van der Waals surface area contributed by atoms with E-state index in [2.05, 4.69) is 15.3 Å². The van der Waals surface area contributed by atoms with Crippen LogP contribution in [0.3, 0.4) is 0 Å². The third-order valence-corrected chi connectivity index (χ3v) is 4.30. The average Bonchev–Trinajstić information content (AvgIpc) is 2.51. The molecule has 5 nitrogen and oxygen atoms in total. The van der Waals surface area contributed by atoms with Crippen molar-refractivity contribution < 1.29 is 13.6 Å². The van der Waals surface area contributed by atoms with Crippen LogP contribution in [0.25, 0.3) is 10.9 Å². The van der Waals surface area contributed by atoms with Crippen LogP contribution in [-0.2, 0) is 4.79 Å².